The van der Waals surface area contributed by atoms with Gasteiger partial charge in [0.15, 0.2) is 0 Å². The number of hydrogen-bond acceptors (Lipinski definition) is 3. The van der Waals surface area contributed by atoms with Gasteiger partial charge in [0.25, 0.3) is 0 Å². The SMILES string of the molecule is CC1C(=O)NCC(=O)N1CC1CSc2ccccc21. The number of nitrogens with one attached hydrogen (secondary N) is 1. The quantitative estimate of drug-likeness (QED) is 0.883. The van der Waals surface area contributed by atoms with Crippen LogP contribution in [0.2, 0.25) is 0 Å². The lowest BCUT2D eigenvalue weighted by Gasteiger charge is -2.34. The second-order valence-electron chi connectivity index (χ2n) is 4.99. The fraction of sp³-hybridized carbons (Fsp3) is 0.429. The molecule has 2 atom stereocenters. The maximum atomic E-state index is 12.0. The molecule has 0 saturated carbocycles. The highest BCUT2D eigenvalue weighted by Gasteiger charge is 2.34. The van der Waals surface area contributed by atoms with E-state index in [-0.39, 0.29) is 24.4 Å². The average Bonchev–Trinajstić information content (AvgIpc) is 2.83. The van der Waals surface area contributed by atoms with Crippen molar-refractivity contribution >= 4 is 23.6 Å². The fourth-order valence-electron chi connectivity index (χ4n) is 2.65. The molecule has 1 aromatic carbocycles. The largest absolute Gasteiger partial charge is 0.345 e. The first kappa shape index (κ1) is 12.5. The van der Waals surface area contributed by atoms with Gasteiger partial charge >= 0.3 is 0 Å². The molecule has 1 saturated heterocycles. The summed E-state index contributed by atoms with van der Waals surface area (Å²) in [6, 6.07) is 7.95. The van der Waals surface area contributed by atoms with E-state index in [0.717, 1.165) is 5.75 Å². The van der Waals surface area contributed by atoms with Crippen LogP contribution in [-0.2, 0) is 9.59 Å². The molecule has 4 nitrogen and oxygen atoms in total. The first-order valence-corrected chi connectivity index (χ1v) is 7.44. The van der Waals surface area contributed by atoms with E-state index in [1.807, 2.05) is 23.9 Å². The molecule has 2 amide bonds. The number of thioether (sulfide) groups is 1. The van der Waals surface area contributed by atoms with Crippen molar-refractivity contribution in [3.63, 3.8) is 0 Å². The molecule has 1 aromatic rings. The van der Waals surface area contributed by atoms with Gasteiger partial charge in [-0.05, 0) is 18.6 Å². The minimum atomic E-state index is -0.362. The van der Waals surface area contributed by atoms with Crippen molar-refractivity contribution in [2.24, 2.45) is 0 Å². The summed E-state index contributed by atoms with van der Waals surface area (Å²) in [5.41, 5.74) is 1.30. The zero-order valence-electron chi connectivity index (χ0n) is 10.8. The summed E-state index contributed by atoms with van der Waals surface area (Å²) >= 11 is 1.83. The van der Waals surface area contributed by atoms with E-state index in [1.165, 1.54) is 10.5 Å². The van der Waals surface area contributed by atoms with Gasteiger partial charge in [-0.25, -0.2) is 0 Å². The van der Waals surface area contributed by atoms with Gasteiger partial charge in [-0.1, -0.05) is 18.2 Å². The van der Waals surface area contributed by atoms with E-state index in [4.69, 9.17) is 0 Å². The van der Waals surface area contributed by atoms with Crippen molar-refractivity contribution in [3.8, 4) is 0 Å². The van der Waals surface area contributed by atoms with Crippen LogP contribution >= 0.6 is 11.8 Å². The molecule has 0 aliphatic carbocycles. The first-order chi connectivity index (χ1) is 9.16. The van der Waals surface area contributed by atoms with Crippen LogP contribution in [0, 0.1) is 0 Å². The van der Waals surface area contributed by atoms with E-state index in [1.54, 1.807) is 11.8 Å². The number of fused-ring (bicyclic) bond motifs is 1. The molecule has 1 N–H and O–H groups in total. The summed E-state index contributed by atoms with van der Waals surface area (Å²) in [4.78, 5) is 26.6. The number of amides is 2. The Bertz CT molecular complexity index is 532. The third kappa shape index (κ3) is 2.23. The molecule has 2 unspecified atom stereocenters. The molecular weight excluding hydrogens is 260 g/mol. The smallest absolute Gasteiger partial charge is 0.242 e. The van der Waals surface area contributed by atoms with Crippen molar-refractivity contribution in [3.05, 3.63) is 29.8 Å². The van der Waals surface area contributed by atoms with Crippen molar-refractivity contribution in [1.82, 2.24) is 10.2 Å². The van der Waals surface area contributed by atoms with E-state index in [9.17, 15) is 9.59 Å². The van der Waals surface area contributed by atoms with Crippen LogP contribution in [0.5, 0.6) is 0 Å². The van der Waals surface area contributed by atoms with Gasteiger partial charge in [-0.3, -0.25) is 9.59 Å². The summed E-state index contributed by atoms with van der Waals surface area (Å²) in [5.74, 6) is 1.27. The molecule has 19 heavy (non-hydrogen) atoms. The molecule has 100 valence electrons. The van der Waals surface area contributed by atoms with Gasteiger partial charge in [0.2, 0.25) is 11.8 Å². The lowest BCUT2D eigenvalue weighted by Crippen LogP contribution is -2.57. The molecule has 0 aromatic heterocycles. The Morgan fingerprint density at radius 3 is 3.00 bits per heavy atom. The van der Waals surface area contributed by atoms with Crippen LogP contribution in [0.1, 0.15) is 18.4 Å². The predicted octanol–water partition coefficient (Wildman–Crippen LogP) is 1.22. The Morgan fingerprint density at radius 1 is 1.37 bits per heavy atom. The summed E-state index contributed by atoms with van der Waals surface area (Å²) in [7, 11) is 0. The van der Waals surface area contributed by atoms with Crippen LogP contribution in [0.25, 0.3) is 0 Å². The Morgan fingerprint density at radius 2 is 2.16 bits per heavy atom. The molecular formula is C14H16N2O2S. The standard InChI is InChI=1S/C14H16N2O2S/c1-9-14(18)15-6-13(17)16(9)7-10-8-19-12-5-3-2-4-11(10)12/h2-5,9-10H,6-8H2,1H3,(H,15,18). The lowest BCUT2D eigenvalue weighted by atomic mass is 9.99. The molecule has 1 fully saturated rings. The Balaban J connectivity index is 1.78. The maximum absolute atomic E-state index is 12.0. The Hall–Kier alpha value is -1.49. The van der Waals surface area contributed by atoms with Gasteiger partial charge in [0.1, 0.15) is 6.04 Å². The highest BCUT2D eigenvalue weighted by molar-refractivity contribution is 7.99. The summed E-state index contributed by atoms with van der Waals surface area (Å²) in [5, 5.41) is 2.62. The third-order valence-electron chi connectivity index (χ3n) is 3.80. The molecule has 3 rings (SSSR count). The van der Waals surface area contributed by atoms with Crippen LogP contribution in [0.3, 0.4) is 0 Å². The number of rotatable bonds is 2. The lowest BCUT2D eigenvalue weighted by molar-refractivity contribution is -0.145. The van der Waals surface area contributed by atoms with Crippen LogP contribution in [0.15, 0.2) is 29.2 Å². The molecule has 2 aliphatic rings. The van der Waals surface area contributed by atoms with E-state index in [0.29, 0.717) is 12.5 Å². The highest BCUT2D eigenvalue weighted by atomic mass is 32.2. The molecule has 0 bridgehead atoms. The molecule has 0 radical (unpaired) electrons. The van der Waals surface area contributed by atoms with Gasteiger partial charge < -0.3 is 10.2 Å². The fourth-order valence-corrected chi connectivity index (χ4v) is 3.89. The normalized spacial score (nSPS) is 26.3. The maximum Gasteiger partial charge on any atom is 0.242 e. The minimum Gasteiger partial charge on any atom is -0.345 e. The zero-order chi connectivity index (χ0) is 13.4. The van der Waals surface area contributed by atoms with Gasteiger partial charge in [-0.2, -0.15) is 0 Å². The van der Waals surface area contributed by atoms with Crippen LogP contribution in [0.4, 0.5) is 0 Å². The van der Waals surface area contributed by atoms with E-state index in [2.05, 4.69) is 17.4 Å². The zero-order valence-corrected chi connectivity index (χ0v) is 11.6. The second kappa shape index (κ2) is 4.89. The molecule has 2 heterocycles. The Labute approximate surface area is 116 Å². The van der Waals surface area contributed by atoms with Gasteiger partial charge in [0.05, 0.1) is 6.54 Å². The minimum absolute atomic E-state index is 0.0153. The van der Waals surface area contributed by atoms with E-state index >= 15 is 0 Å². The topological polar surface area (TPSA) is 49.4 Å². The van der Waals surface area contributed by atoms with Crippen molar-refractivity contribution in [1.29, 1.82) is 0 Å². The summed E-state index contributed by atoms with van der Waals surface area (Å²) in [6.07, 6.45) is 0. The molecule has 2 aliphatic heterocycles. The molecule has 0 spiro atoms. The summed E-state index contributed by atoms with van der Waals surface area (Å²) in [6.45, 7) is 2.56. The number of nitrogens with zero attached hydrogens (tertiary/aromatic N) is 1. The number of carbonyl (C=O) groups is 2. The van der Waals surface area contributed by atoms with Crippen molar-refractivity contribution < 1.29 is 9.59 Å². The number of piperazine rings is 1. The van der Waals surface area contributed by atoms with E-state index < -0.39 is 0 Å². The number of carbonyl (C=O) groups excluding carboxylic acids is 2. The molecule has 5 heteroatoms. The number of benzene rings is 1. The predicted molar refractivity (Wildman–Crippen MR) is 74.1 cm³/mol. The monoisotopic (exact) mass is 276 g/mol. The van der Waals surface area contributed by atoms with Gasteiger partial charge in [0, 0.05) is 23.1 Å². The second-order valence-corrected chi connectivity index (χ2v) is 6.05. The first-order valence-electron chi connectivity index (χ1n) is 6.45. The average molecular weight is 276 g/mol. The van der Waals surface area contributed by atoms with Crippen LogP contribution < -0.4 is 5.32 Å². The third-order valence-corrected chi connectivity index (χ3v) is 5.05. The number of hydrogen-bond donors (Lipinski definition) is 1. The van der Waals surface area contributed by atoms with Gasteiger partial charge in [-0.15, -0.1) is 11.8 Å². The summed E-state index contributed by atoms with van der Waals surface area (Å²) < 4.78 is 0. The highest BCUT2D eigenvalue weighted by Crippen LogP contribution is 2.39. The Kier molecular flexibility index (Phi) is 3.22. The van der Waals surface area contributed by atoms with Crippen molar-refractivity contribution in [2.75, 3.05) is 18.8 Å². The van der Waals surface area contributed by atoms with Crippen molar-refractivity contribution in [2.45, 2.75) is 23.8 Å². The van der Waals surface area contributed by atoms with Crippen LogP contribution in [-0.4, -0.2) is 41.6 Å².